The van der Waals surface area contributed by atoms with Crippen LogP contribution < -0.4 is 10.6 Å². The molecule has 0 aliphatic heterocycles. The fraction of sp³-hybridized carbons (Fsp3) is 0.474. The van der Waals surface area contributed by atoms with Gasteiger partial charge in [-0.3, -0.25) is 4.99 Å². The molecule has 0 amide bonds. The summed E-state index contributed by atoms with van der Waals surface area (Å²) in [5, 5.41) is 10.8. The van der Waals surface area contributed by atoms with Crippen LogP contribution in [0.5, 0.6) is 0 Å². The van der Waals surface area contributed by atoms with Crippen LogP contribution in [0.25, 0.3) is 0 Å². The average molecular weight is 361 g/mol. The van der Waals surface area contributed by atoms with Gasteiger partial charge in [-0.2, -0.15) is 0 Å². The summed E-state index contributed by atoms with van der Waals surface area (Å²) in [6, 6.07) is 10.6. The molecular weight excluding hydrogens is 332 g/mol. The smallest absolute Gasteiger partial charge is 0.191 e. The quantitative estimate of drug-likeness (QED) is 0.420. The molecule has 2 rings (SSSR count). The lowest BCUT2D eigenvalue weighted by Gasteiger charge is -2.11. The van der Waals surface area contributed by atoms with Crippen molar-refractivity contribution in [3.05, 3.63) is 47.3 Å². The molecule has 0 bridgehead atoms. The van der Waals surface area contributed by atoms with Crippen LogP contribution in [0.4, 0.5) is 0 Å². The Morgan fingerprint density at radius 3 is 2.44 bits per heavy atom. The van der Waals surface area contributed by atoms with Crippen LogP contribution in [-0.4, -0.2) is 24.4 Å². The SMILES string of the molecule is CCC(CC)c1cc(CNC(=NC)NCc2ccc(SC)cc2)on1. The van der Waals surface area contributed by atoms with Crippen LogP contribution in [-0.2, 0) is 13.1 Å². The first-order valence-corrected chi connectivity index (χ1v) is 9.95. The van der Waals surface area contributed by atoms with Gasteiger partial charge in [-0.25, -0.2) is 0 Å². The third kappa shape index (κ3) is 5.81. The molecule has 25 heavy (non-hydrogen) atoms. The third-order valence-corrected chi connectivity index (χ3v) is 5.00. The standard InChI is InChI=1S/C19H28N4OS/c1-5-15(6-2)18-11-16(24-23-18)13-22-19(20-3)21-12-14-7-9-17(25-4)10-8-14/h7-11,15H,5-6,12-13H2,1-4H3,(H2,20,21,22). The number of aliphatic imine (C=N–C) groups is 1. The van der Waals surface area contributed by atoms with Crippen molar-refractivity contribution < 1.29 is 4.52 Å². The molecule has 5 nitrogen and oxygen atoms in total. The van der Waals surface area contributed by atoms with E-state index < -0.39 is 0 Å². The monoisotopic (exact) mass is 360 g/mol. The Labute approximate surface area is 154 Å². The van der Waals surface area contributed by atoms with Crippen LogP contribution in [0.1, 0.15) is 49.6 Å². The number of hydrogen-bond donors (Lipinski definition) is 2. The molecule has 0 fully saturated rings. The lowest BCUT2D eigenvalue weighted by molar-refractivity contribution is 0.368. The molecule has 1 heterocycles. The van der Waals surface area contributed by atoms with Crippen molar-refractivity contribution in [2.24, 2.45) is 4.99 Å². The molecule has 0 radical (unpaired) electrons. The van der Waals surface area contributed by atoms with E-state index in [1.807, 2.05) is 6.07 Å². The topological polar surface area (TPSA) is 62.5 Å². The largest absolute Gasteiger partial charge is 0.359 e. The van der Waals surface area contributed by atoms with Gasteiger partial charge in [0.15, 0.2) is 11.7 Å². The first kappa shape index (κ1) is 19.4. The number of nitrogens with zero attached hydrogens (tertiary/aromatic N) is 2. The number of guanidine groups is 1. The molecule has 1 aromatic carbocycles. The number of benzene rings is 1. The van der Waals surface area contributed by atoms with Gasteiger partial charge in [-0.1, -0.05) is 31.1 Å². The molecule has 2 N–H and O–H groups in total. The van der Waals surface area contributed by atoms with Crippen molar-refractivity contribution in [1.82, 2.24) is 15.8 Å². The first-order chi connectivity index (χ1) is 12.2. The number of rotatable bonds is 8. The normalized spacial score (nSPS) is 11.8. The maximum absolute atomic E-state index is 5.43. The van der Waals surface area contributed by atoms with Crippen LogP contribution in [0.3, 0.4) is 0 Å². The summed E-state index contributed by atoms with van der Waals surface area (Å²) in [4.78, 5) is 5.52. The fourth-order valence-electron chi connectivity index (χ4n) is 2.63. The van der Waals surface area contributed by atoms with Gasteiger partial charge >= 0.3 is 0 Å². The van der Waals surface area contributed by atoms with Gasteiger partial charge in [0.2, 0.25) is 0 Å². The second-order valence-corrected chi connectivity index (χ2v) is 6.74. The van der Waals surface area contributed by atoms with E-state index in [0.29, 0.717) is 12.5 Å². The maximum atomic E-state index is 5.43. The van der Waals surface area contributed by atoms with E-state index in [-0.39, 0.29) is 0 Å². The van der Waals surface area contributed by atoms with E-state index >= 15 is 0 Å². The highest BCUT2D eigenvalue weighted by molar-refractivity contribution is 7.98. The molecule has 136 valence electrons. The Kier molecular flexibility index (Phi) is 7.85. The zero-order chi connectivity index (χ0) is 18.1. The zero-order valence-corrected chi connectivity index (χ0v) is 16.3. The van der Waals surface area contributed by atoms with Gasteiger partial charge in [0.25, 0.3) is 0 Å². The second-order valence-electron chi connectivity index (χ2n) is 5.86. The Morgan fingerprint density at radius 2 is 1.84 bits per heavy atom. The molecular formula is C19H28N4OS. The molecule has 0 atom stereocenters. The minimum absolute atomic E-state index is 0.471. The van der Waals surface area contributed by atoms with E-state index in [0.717, 1.165) is 36.8 Å². The van der Waals surface area contributed by atoms with Crippen LogP contribution in [0.15, 0.2) is 44.7 Å². The van der Waals surface area contributed by atoms with Crippen LogP contribution in [0.2, 0.25) is 0 Å². The molecule has 0 saturated carbocycles. The maximum Gasteiger partial charge on any atom is 0.191 e. The van der Waals surface area contributed by atoms with Gasteiger partial charge in [0, 0.05) is 30.5 Å². The third-order valence-electron chi connectivity index (χ3n) is 4.25. The molecule has 6 heteroatoms. The summed E-state index contributed by atoms with van der Waals surface area (Å²) in [5.74, 6) is 2.04. The minimum Gasteiger partial charge on any atom is -0.359 e. The Hall–Kier alpha value is -1.95. The van der Waals surface area contributed by atoms with Crippen molar-refractivity contribution in [1.29, 1.82) is 0 Å². The lowest BCUT2D eigenvalue weighted by Crippen LogP contribution is -2.36. The first-order valence-electron chi connectivity index (χ1n) is 8.73. The predicted octanol–water partition coefficient (Wildman–Crippen LogP) is 4.17. The van der Waals surface area contributed by atoms with Gasteiger partial charge < -0.3 is 15.2 Å². The van der Waals surface area contributed by atoms with Crippen molar-refractivity contribution in [3.8, 4) is 0 Å². The minimum atomic E-state index is 0.471. The number of hydrogen-bond acceptors (Lipinski definition) is 4. The van der Waals surface area contributed by atoms with Gasteiger partial charge in [0.05, 0.1) is 12.2 Å². The fourth-order valence-corrected chi connectivity index (χ4v) is 3.04. The average Bonchev–Trinajstić information content (AvgIpc) is 3.12. The Morgan fingerprint density at radius 1 is 1.16 bits per heavy atom. The summed E-state index contributed by atoms with van der Waals surface area (Å²) in [5.41, 5.74) is 2.26. The molecule has 0 aliphatic rings. The van der Waals surface area contributed by atoms with E-state index in [1.54, 1.807) is 18.8 Å². The van der Waals surface area contributed by atoms with Crippen molar-refractivity contribution in [3.63, 3.8) is 0 Å². The second kappa shape index (κ2) is 10.1. The molecule has 0 spiro atoms. The van der Waals surface area contributed by atoms with E-state index in [9.17, 15) is 0 Å². The molecule has 0 saturated heterocycles. The lowest BCUT2D eigenvalue weighted by atomic mass is 9.99. The number of aromatic nitrogens is 1. The summed E-state index contributed by atoms with van der Waals surface area (Å²) in [6.07, 6.45) is 4.24. The van der Waals surface area contributed by atoms with Crippen LogP contribution >= 0.6 is 11.8 Å². The zero-order valence-electron chi connectivity index (χ0n) is 15.5. The van der Waals surface area contributed by atoms with Crippen molar-refractivity contribution >= 4 is 17.7 Å². The van der Waals surface area contributed by atoms with Gasteiger partial charge in [-0.15, -0.1) is 11.8 Å². The molecule has 0 aliphatic carbocycles. The molecule has 1 aromatic heterocycles. The van der Waals surface area contributed by atoms with Gasteiger partial charge in [-0.05, 0) is 36.8 Å². The highest BCUT2D eigenvalue weighted by atomic mass is 32.2. The van der Waals surface area contributed by atoms with E-state index in [2.05, 4.69) is 65.2 Å². The van der Waals surface area contributed by atoms with Crippen molar-refractivity contribution in [2.75, 3.05) is 13.3 Å². The van der Waals surface area contributed by atoms with Crippen LogP contribution in [0, 0.1) is 0 Å². The summed E-state index contributed by atoms with van der Waals surface area (Å²) < 4.78 is 5.43. The van der Waals surface area contributed by atoms with E-state index in [1.165, 1.54) is 10.5 Å². The highest BCUT2D eigenvalue weighted by Crippen LogP contribution is 2.22. The summed E-state index contributed by atoms with van der Waals surface area (Å²) >= 11 is 1.75. The summed E-state index contributed by atoms with van der Waals surface area (Å²) in [6.45, 7) is 5.65. The van der Waals surface area contributed by atoms with E-state index in [4.69, 9.17) is 4.52 Å². The van der Waals surface area contributed by atoms with Gasteiger partial charge in [0.1, 0.15) is 0 Å². The Balaban J connectivity index is 1.83. The number of thioether (sulfide) groups is 1. The molecule has 2 aromatic rings. The highest BCUT2D eigenvalue weighted by Gasteiger charge is 2.13. The predicted molar refractivity (Wildman–Crippen MR) is 105 cm³/mol. The molecule has 0 unspecified atom stereocenters. The number of nitrogens with one attached hydrogen (secondary N) is 2. The Bertz CT molecular complexity index is 662. The van der Waals surface area contributed by atoms with Crippen molar-refractivity contribution in [2.45, 2.75) is 50.6 Å². The summed E-state index contributed by atoms with van der Waals surface area (Å²) in [7, 11) is 1.77.